The Morgan fingerprint density at radius 1 is 1.50 bits per heavy atom. The zero-order valence-corrected chi connectivity index (χ0v) is 9.64. The maximum atomic E-state index is 5.82. The molecule has 0 fully saturated rings. The number of hydrogen-bond acceptors (Lipinski definition) is 5. The first-order chi connectivity index (χ1) is 7.58. The lowest BCUT2D eigenvalue weighted by Crippen LogP contribution is -1.98. The van der Waals surface area contributed by atoms with Gasteiger partial charge in [0.25, 0.3) is 5.89 Å². The molecule has 0 radical (unpaired) electrons. The van der Waals surface area contributed by atoms with Gasteiger partial charge in [-0.3, -0.25) is 4.68 Å². The lowest BCUT2D eigenvalue weighted by Gasteiger charge is -1.96. The number of rotatable bonds is 3. The third kappa shape index (κ3) is 1.91. The summed E-state index contributed by atoms with van der Waals surface area (Å²) in [6.45, 7) is 4.21. The van der Waals surface area contributed by atoms with E-state index in [4.69, 9.17) is 10.3 Å². The van der Waals surface area contributed by atoms with E-state index < -0.39 is 0 Å². The van der Waals surface area contributed by atoms with Crippen molar-refractivity contribution >= 4 is 5.82 Å². The van der Waals surface area contributed by atoms with Crippen molar-refractivity contribution in [3.8, 4) is 11.5 Å². The van der Waals surface area contributed by atoms with Crippen LogP contribution in [0, 0.1) is 5.92 Å². The molecule has 86 valence electrons. The smallest absolute Gasteiger partial charge is 0.263 e. The van der Waals surface area contributed by atoms with Crippen LogP contribution in [-0.4, -0.2) is 19.9 Å². The summed E-state index contributed by atoms with van der Waals surface area (Å²) in [4.78, 5) is 4.28. The molecule has 0 unspecified atom stereocenters. The SMILES string of the molecule is CC(C)Cc1noc(-c2cnn(C)c2N)n1. The molecule has 0 spiro atoms. The minimum Gasteiger partial charge on any atom is -0.383 e. The van der Waals surface area contributed by atoms with E-state index in [1.807, 2.05) is 0 Å². The first-order valence-electron chi connectivity index (χ1n) is 5.18. The molecule has 0 aliphatic rings. The number of nitrogen functional groups attached to an aromatic ring is 1. The van der Waals surface area contributed by atoms with Crippen LogP contribution in [0.15, 0.2) is 10.7 Å². The van der Waals surface area contributed by atoms with E-state index in [2.05, 4.69) is 29.1 Å². The molecule has 16 heavy (non-hydrogen) atoms. The van der Waals surface area contributed by atoms with Crippen molar-refractivity contribution in [2.24, 2.45) is 13.0 Å². The van der Waals surface area contributed by atoms with Gasteiger partial charge in [0.1, 0.15) is 11.4 Å². The summed E-state index contributed by atoms with van der Waals surface area (Å²) >= 11 is 0. The summed E-state index contributed by atoms with van der Waals surface area (Å²) in [5.74, 6) is 2.16. The number of hydrogen-bond donors (Lipinski definition) is 1. The highest BCUT2D eigenvalue weighted by Crippen LogP contribution is 2.23. The van der Waals surface area contributed by atoms with E-state index >= 15 is 0 Å². The monoisotopic (exact) mass is 221 g/mol. The minimum absolute atomic E-state index is 0.432. The van der Waals surface area contributed by atoms with Crippen LogP contribution >= 0.6 is 0 Å². The zero-order valence-electron chi connectivity index (χ0n) is 9.64. The van der Waals surface area contributed by atoms with Crippen LogP contribution in [0.4, 0.5) is 5.82 Å². The van der Waals surface area contributed by atoms with E-state index in [0.717, 1.165) is 6.42 Å². The Bertz CT molecular complexity index is 485. The van der Waals surface area contributed by atoms with Crippen molar-refractivity contribution in [1.82, 2.24) is 19.9 Å². The molecule has 0 atom stereocenters. The third-order valence-corrected chi connectivity index (χ3v) is 2.27. The van der Waals surface area contributed by atoms with E-state index in [1.165, 1.54) is 0 Å². The average Bonchev–Trinajstić information content (AvgIpc) is 2.75. The van der Waals surface area contributed by atoms with Crippen molar-refractivity contribution in [2.45, 2.75) is 20.3 Å². The van der Waals surface area contributed by atoms with Crippen molar-refractivity contribution in [3.05, 3.63) is 12.0 Å². The molecule has 2 aromatic heterocycles. The van der Waals surface area contributed by atoms with Gasteiger partial charge < -0.3 is 10.3 Å². The van der Waals surface area contributed by atoms with Gasteiger partial charge in [-0.2, -0.15) is 10.1 Å². The number of aromatic nitrogens is 4. The number of anilines is 1. The fraction of sp³-hybridized carbons (Fsp3) is 0.500. The molecule has 0 aliphatic heterocycles. The highest BCUT2D eigenvalue weighted by atomic mass is 16.5. The highest BCUT2D eigenvalue weighted by Gasteiger charge is 2.15. The molecule has 0 saturated carbocycles. The van der Waals surface area contributed by atoms with Crippen LogP contribution in [-0.2, 0) is 13.5 Å². The summed E-state index contributed by atoms with van der Waals surface area (Å²) in [7, 11) is 1.77. The Morgan fingerprint density at radius 3 is 2.81 bits per heavy atom. The van der Waals surface area contributed by atoms with E-state index in [9.17, 15) is 0 Å². The van der Waals surface area contributed by atoms with Gasteiger partial charge >= 0.3 is 0 Å². The molecule has 2 N–H and O–H groups in total. The quantitative estimate of drug-likeness (QED) is 0.843. The maximum Gasteiger partial charge on any atom is 0.263 e. The Labute approximate surface area is 93.4 Å². The Hall–Kier alpha value is -1.85. The summed E-state index contributed by atoms with van der Waals surface area (Å²) < 4.78 is 6.72. The minimum atomic E-state index is 0.432. The van der Waals surface area contributed by atoms with Crippen LogP contribution in [0.25, 0.3) is 11.5 Å². The van der Waals surface area contributed by atoms with Crippen LogP contribution in [0.2, 0.25) is 0 Å². The summed E-state index contributed by atoms with van der Waals surface area (Å²) in [5, 5.41) is 7.93. The van der Waals surface area contributed by atoms with Gasteiger partial charge in [-0.05, 0) is 5.92 Å². The second-order valence-corrected chi connectivity index (χ2v) is 4.18. The van der Waals surface area contributed by atoms with Crippen molar-refractivity contribution < 1.29 is 4.52 Å². The predicted octanol–water partition coefficient (Wildman–Crippen LogP) is 1.25. The molecule has 0 saturated heterocycles. The molecule has 6 nitrogen and oxygen atoms in total. The molecule has 2 rings (SSSR count). The molecule has 6 heteroatoms. The standard InChI is InChI=1S/C10H15N5O/c1-6(2)4-8-13-10(16-14-8)7-5-12-15(3)9(7)11/h5-6H,4,11H2,1-3H3. The van der Waals surface area contributed by atoms with Crippen LogP contribution < -0.4 is 5.73 Å². The summed E-state index contributed by atoms with van der Waals surface area (Å²) in [6, 6.07) is 0. The second kappa shape index (κ2) is 3.96. The molecular weight excluding hydrogens is 206 g/mol. The molecule has 2 aromatic rings. The number of nitrogens with two attached hydrogens (primary N) is 1. The van der Waals surface area contributed by atoms with Gasteiger partial charge in [0.05, 0.1) is 6.20 Å². The fourth-order valence-electron chi connectivity index (χ4n) is 1.42. The average molecular weight is 221 g/mol. The van der Waals surface area contributed by atoms with Crippen LogP contribution in [0.1, 0.15) is 19.7 Å². The fourth-order valence-corrected chi connectivity index (χ4v) is 1.42. The first-order valence-corrected chi connectivity index (χ1v) is 5.18. The highest BCUT2D eigenvalue weighted by molar-refractivity contribution is 5.66. The molecule has 2 heterocycles. The van der Waals surface area contributed by atoms with Gasteiger partial charge in [-0.15, -0.1) is 0 Å². The topological polar surface area (TPSA) is 82.8 Å². The molecule has 0 aromatic carbocycles. The maximum absolute atomic E-state index is 5.82. The lowest BCUT2D eigenvalue weighted by atomic mass is 10.1. The van der Waals surface area contributed by atoms with Gasteiger partial charge in [-0.25, -0.2) is 0 Å². The Morgan fingerprint density at radius 2 is 2.25 bits per heavy atom. The molecule has 0 bridgehead atoms. The predicted molar refractivity (Wildman–Crippen MR) is 59.5 cm³/mol. The van der Waals surface area contributed by atoms with Gasteiger partial charge in [0.2, 0.25) is 0 Å². The largest absolute Gasteiger partial charge is 0.383 e. The molecule has 0 aliphatic carbocycles. The van der Waals surface area contributed by atoms with Crippen molar-refractivity contribution in [1.29, 1.82) is 0 Å². The normalized spacial score (nSPS) is 11.2. The van der Waals surface area contributed by atoms with Crippen molar-refractivity contribution in [3.63, 3.8) is 0 Å². The first kappa shape index (κ1) is 10.7. The Balaban J connectivity index is 2.28. The van der Waals surface area contributed by atoms with Gasteiger partial charge in [-0.1, -0.05) is 19.0 Å². The van der Waals surface area contributed by atoms with Gasteiger partial charge in [0, 0.05) is 13.5 Å². The summed E-state index contributed by atoms with van der Waals surface area (Å²) in [5.41, 5.74) is 6.50. The summed E-state index contributed by atoms with van der Waals surface area (Å²) in [6.07, 6.45) is 2.42. The van der Waals surface area contributed by atoms with Crippen LogP contribution in [0.5, 0.6) is 0 Å². The number of aryl methyl sites for hydroxylation is 1. The zero-order chi connectivity index (χ0) is 11.7. The van der Waals surface area contributed by atoms with Gasteiger partial charge in [0.15, 0.2) is 5.82 Å². The molecule has 0 amide bonds. The lowest BCUT2D eigenvalue weighted by molar-refractivity contribution is 0.418. The van der Waals surface area contributed by atoms with E-state index in [1.54, 1.807) is 17.9 Å². The third-order valence-electron chi connectivity index (χ3n) is 2.27. The molecular formula is C10H15N5O. The van der Waals surface area contributed by atoms with E-state index in [0.29, 0.717) is 29.0 Å². The van der Waals surface area contributed by atoms with Crippen LogP contribution in [0.3, 0.4) is 0 Å². The van der Waals surface area contributed by atoms with E-state index in [-0.39, 0.29) is 0 Å². The van der Waals surface area contributed by atoms with Crippen molar-refractivity contribution in [2.75, 3.05) is 5.73 Å². The number of nitrogens with zero attached hydrogens (tertiary/aromatic N) is 4. The Kier molecular flexibility index (Phi) is 2.64. The second-order valence-electron chi connectivity index (χ2n) is 4.18.